The zero-order chi connectivity index (χ0) is 53.8. The average molecular weight is 1090 g/mol. The number of aromatic nitrogens is 2. The molecule has 19 nitrogen and oxygen atoms in total. The van der Waals surface area contributed by atoms with Gasteiger partial charge in [-0.25, -0.2) is 4.98 Å². The van der Waals surface area contributed by atoms with Crippen molar-refractivity contribution in [2.75, 3.05) is 91.8 Å². The molecule has 5 aromatic rings. The van der Waals surface area contributed by atoms with Crippen molar-refractivity contribution in [2.24, 2.45) is 5.41 Å². The van der Waals surface area contributed by atoms with Gasteiger partial charge >= 0.3 is 0 Å². The van der Waals surface area contributed by atoms with Crippen LogP contribution in [0.15, 0.2) is 60.2 Å². The van der Waals surface area contributed by atoms with Crippen LogP contribution in [0.5, 0.6) is 17.2 Å². The Bertz CT molecular complexity index is 2870. The number of aliphatic hydroxyl groups excluding tert-OH is 1. The van der Waals surface area contributed by atoms with Gasteiger partial charge in [-0.1, -0.05) is 68.2 Å². The minimum absolute atomic E-state index is 0.0382. The van der Waals surface area contributed by atoms with Crippen LogP contribution in [0.1, 0.15) is 50.4 Å². The van der Waals surface area contributed by atoms with Gasteiger partial charge < -0.3 is 54.5 Å². The number of pyridine rings is 1. The second-order valence-electron chi connectivity index (χ2n) is 19.2. The van der Waals surface area contributed by atoms with Crippen molar-refractivity contribution in [3.05, 3.63) is 87.1 Å². The lowest BCUT2D eigenvalue weighted by Crippen LogP contribution is -2.58. The molecule has 3 atom stereocenters. The van der Waals surface area contributed by atoms with Crippen LogP contribution in [0.3, 0.4) is 0 Å². The van der Waals surface area contributed by atoms with E-state index >= 15 is 0 Å². The van der Waals surface area contributed by atoms with Crippen LogP contribution in [-0.4, -0.2) is 158 Å². The van der Waals surface area contributed by atoms with Crippen LogP contribution < -0.4 is 30.2 Å². The third kappa shape index (κ3) is 14.5. The molecule has 400 valence electrons. The Labute approximate surface area is 450 Å². The molecule has 2 aliphatic heterocycles. The first kappa shape index (κ1) is 56.4. The molecule has 0 radical (unpaired) electrons. The fraction of sp³-hybridized carbons (Fsp3) is 0.453. The summed E-state index contributed by atoms with van der Waals surface area (Å²) in [6.45, 7) is 10.8. The van der Waals surface area contributed by atoms with Crippen molar-refractivity contribution in [1.82, 2.24) is 35.3 Å². The summed E-state index contributed by atoms with van der Waals surface area (Å²) in [6.07, 6.45) is 1.36. The molecule has 75 heavy (non-hydrogen) atoms. The molecule has 2 saturated heterocycles. The topological polar surface area (TPSA) is 230 Å². The van der Waals surface area contributed by atoms with E-state index in [0.29, 0.717) is 94.3 Å². The van der Waals surface area contributed by atoms with Gasteiger partial charge in [-0.2, -0.15) is 5.26 Å². The number of halogens is 2. The van der Waals surface area contributed by atoms with Crippen LogP contribution in [0.4, 0.5) is 11.4 Å². The maximum Gasteiger partial charge on any atom is 0.248 e. The van der Waals surface area contributed by atoms with Crippen molar-refractivity contribution < 1.29 is 48.0 Å². The van der Waals surface area contributed by atoms with Crippen molar-refractivity contribution in [3.63, 3.8) is 0 Å². The number of anilines is 2. The summed E-state index contributed by atoms with van der Waals surface area (Å²) in [5.41, 5.74) is 5.77. The van der Waals surface area contributed by atoms with Gasteiger partial charge in [-0.05, 0) is 42.0 Å². The highest BCUT2D eigenvalue weighted by atomic mass is 35.5. The summed E-state index contributed by atoms with van der Waals surface area (Å²) in [5.74, 6) is -0.173. The largest absolute Gasteiger partial charge is 0.495 e. The Morgan fingerprint density at radius 1 is 0.920 bits per heavy atom. The smallest absolute Gasteiger partial charge is 0.248 e. The summed E-state index contributed by atoms with van der Waals surface area (Å²) in [6, 6.07) is 14.8. The molecule has 0 bridgehead atoms. The van der Waals surface area contributed by atoms with E-state index in [-0.39, 0.29) is 51.8 Å². The third-order valence-electron chi connectivity index (χ3n) is 12.9. The van der Waals surface area contributed by atoms with E-state index in [4.69, 9.17) is 46.9 Å². The Kier molecular flexibility index (Phi) is 19.5. The maximum absolute atomic E-state index is 14.0. The lowest BCUT2D eigenvalue weighted by Gasteiger charge is -2.35. The predicted molar refractivity (Wildman–Crippen MR) is 286 cm³/mol. The first-order chi connectivity index (χ1) is 36.0. The van der Waals surface area contributed by atoms with E-state index < -0.39 is 41.3 Å². The number of methoxy groups -OCH3 is 2. The first-order valence-electron chi connectivity index (χ1n) is 24.5. The second-order valence-corrected chi connectivity index (χ2v) is 20.9. The first-order valence-corrected chi connectivity index (χ1v) is 26.2. The summed E-state index contributed by atoms with van der Waals surface area (Å²) < 4.78 is 28.4. The molecule has 0 saturated carbocycles. The number of piperazine rings is 1. The molecule has 2 aromatic heterocycles. The molecule has 4 N–H and O–H groups in total. The van der Waals surface area contributed by atoms with Gasteiger partial charge in [-0.3, -0.25) is 29.1 Å². The number of benzene rings is 3. The lowest BCUT2D eigenvalue weighted by atomic mass is 9.85. The van der Waals surface area contributed by atoms with E-state index in [2.05, 4.69) is 36.9 Å². The molecule has 4 amide bonds. The SMILES string of the molecule is COc1cc(Nc2c(C#N)cnc3cc(OCCCN4CCN(C(=O)COCCOCC(=O)N[C@H](C(=O)N5C[C@H](O)C[C@H]5C(=O)NCc5ccc(-c6scnc6C)cc5)C(C)(C)C)CC4)c(OC)cc23)c(Cl)cc1Cl. The number of thiazole rings is 1. The second kappa shape index (κ2) is 26.0. The molecule has 0 aliphatic carbocycles. The van der Waals surface area contributed by atoms with E-state index in [9.17, 15) is 29.5 Å². The molecule has 2 aliphatic rings. The number of ether oxygens (including phenoxy) is 5. The van der Waals surface area contributed by atoms with Gasteiger partial charge in [0.05, 0.1) is 88.7 Å². The maximum atomic E-state index is 14.0. The normalized spacial score (nSPS) is 16.3. The highest BCUT2D eigenvalue weighted by Gasteiger charge is 2.44. The summed E-state index contributed by atoms with van der Waals surface area (Å²) in [4.78, 5) is 68.8. The Hall–Kier alpha value is -6.31. The Balaban J connectivity index is 0.789. The molecule has 3 aromatic carbocycles. The molecule has 22 heteroatoms. The number of nitrogens with zero attached hydrogens (tertiary/aromatic N) is 6. The number of rotatable bonds is 22. The number of carbonyl (C=O) groups excluding carboxylic acids is 4. The molecule has 7 rings (SSSR count). The van der Waals surface area contributed by atoms with Gasteiger partial charge in [0.1, 0.15) is 37.1 Å². The van der Waals surface area contributed by atoms with E-state index in [1.165, 1.54) is 25.3 Å². The van der Waals surface area contributed by atoms with Gasteiger partial charge in [0.2, 0.25) is 23.6 Å². The molecule has 2 fully saturated rings. The monoisotopic (exact) mass is 1090 g/mol. The minimum Gasteiger partial charge on any atom is -0.495 e. The lowest BCUT2D eigenvalue weighted by molar-refractivity contribution is -0.144. The Morgan fingerprint density at radius 2 is 1.64 bits per heavy atom. The highest BCUT2D eigenvalue weighted by molar-refractivity contribution is 7.13. The van der Waals surface area contributed by atoms with E-state index in [1.54, 1.807) is 46.0 Å². The standard InChI is InChI=1S/C53H63Cl2N9O10S/c1-32-49(75-31-59-32)34-10-8-33(9-11-34)26-58-51(68)42-20-36(65)28-64(42)52(69)50(53(2,3)4)61-46(66)29-72-18-19-73-30-47(67)63-15-13-62(14-16-63)12-7-17-74-45-23-40-37(21-44(45)71-6)48(35(25-56)27-57-40)60-41-24-43(70-5)39(55)22-38(41)54/h8-11,21-24,27,31,36,42,50,65H,7,12-20,26,28-30H2,1-6H3,(H,57,60)(H,58,68)(H,61,66)/t36-,42+,50-/m1/s1. The number of nitrogens with one attached hydrogen (secondary N) is 3. The number of aryl methyl sites for hydroxylation is 1. The summed E-state index contributed by atoms with van der Waals surface area (Å²) >= 11 is 14.3. The summed E-state index contributed by atoms with van der Waals surface area (Å²) in [7, 11) is 3.04. The van der Waals surface area contributed by atoms with Crippen LogP contribution in [-0.2, 0) is 35.2 Å². The van der Waals surface area contributed by atoms with E-state index in [0.717, 1.165) is 28.2 Å². The number of nitriles is 1. The number of hydrogen-bond donors (Lipinski definition) is 4. The average Bonchev–Trinajstić information content (AvgIpc) is 4.02. The molecule has 4 heterocycles. The van der Waals surface area contributed by atoms with Crippen LogP contribution in [0, 0.1) is 23.7 Å². The van der Waals surface area contributed by atoms with Crippen molar-refractivity contribution in [2.45, 2.75) is 65.3 Å². The molecular weight excluding hydrogens is 1030 g/mol. The summed E-state index contributed by atoms with van der Waals surface area (Å²) in [5, 5.41) is 30.8. The zero-order valence-electron chi connectivity index (χ0n) is 42.9. The predicted octanol–water partition coefficient (Wildman–Crippen LogP) is 6.36. The molecular formula is C53H63Cl2N9O10S. The fourth-order valence-corrected chi connectivity index (χ4v) is 10.1. The number of likely N-dealkylation sites (tertiary alicyclic amines) is 1. The fourth-order valence-electron chi connectivity index (χ4n) is 8.82. The number of hydrogen-bond acceptors (Lipinski definition) is 16. The minimum atomic E-state index is -1.01. The van der Waals surface area contributed by atoms with E-state index in [1.807, 2.05) is 52.0 Å². The number of carbonyl (C=O) groups is 4. The number of β-amino-alcohol motifs (C(OH)–C–C–N with tert-alkyl or cyclic N) is 1. The number of aliphatic hydroxyl groups is 1. The highest BCUT2D eigenvalue weighted by Crippen LogP contribution is 2.41. The molecule has 0 unspecified atom stereocenters. The van der Waals surface area contributed by atoms with Crippen LogP contribution >= 0.6 is 34.5 Å². The van der Waals surface area contributed by atoms with Crippen molar-refractivity contribution >= 4 is 80.4 Å². The number of amides is 4. The van der Waals surface area contributed by atoms with Gasteiger partial charge in [0, 0.05) is 75.9 Å². The Morgan fingerprint density at radius 3 is 2.31 bits per heavy atom. The quantitative estimate of drug-likeness (QED) is 0.0553. The van der Waals surface area contributed by atoms with Gasteiger partial charge in [0.15, 0.2) is 11.5 Å². The number of fused-ring (bicyclic) bond motifs is 1. The van der Waals surface area contributed by atoms with Crippen LogP contribution in [0.25, 0.3) is 21.3 Å². The van der Waals surface area contributed by atoms with Crippen LogP contribution in [0.2, 0.25) is 10.0 Å². The van der Waals surface area contributed by atoms with Gasteiger partial charge in [-0.15, -0.1) is 11.3 Å². The van der Waals surface area contributed by atoms with Crippen molar-refractivity contribution in [1.29, 1.82) is 5.26 Å². The van der Waals surface area contributed by atoms with Crippen molar-refractivity contribution in [3.8, 4) is 33.8 Å². The zero-order valence-corrected chi connectivity index (χ0v) is 45.2. The third-order valence-corrected chi connectivity index (χ3v) is 14.5. The molecule has 0 spiro atoms. The van der Waals surface area contributed by atoms with Gasteiger partial charge in [0.25, 0.3) is 0 Å².